The quantitative estimate of drug-likeness (QED) is 0.692. The number of ether oxygens (including phenoxy) is 2. The first-order valence-corrected chi connectivity index (χ1v) is 4.76. The summed E-state index contributed by atoms with van der Waals surface area (Å²) in [5.74, 6) is -0.322. The van der Waals surface area contributed by atoms with Gasteiger partial charge in [-0.2, -0.15) is 0 Å². The van der Waals surface area contributed by atoms with Crippen molar-refractivity contribution in [1.29, 1.82) is 0 Å². The number of hydrogen-bond donors (Lipinski definition) is 0. The van der Waals surface area contributed by atoms with Crippen molar-refractivity contribution in [2.24, 2.45) is 0 Å². The highest BCUT2D eigenvalue weighted by molar-refractivity contribution is 7.11. The summed E-state index contributed by atoms with van der Waals surface area (Å²) in [5, 5.41) is 0. The van der Waals surface area contributed by atoms with Crippen LogP contribution in [0.25, 0.3) is 0 Å². The smallest absolute Gasteiger partial charge is 0.350 e. The summed E-state index contributed by atoms with van der Waals surface area (Å²) in [5.41, 5.74) is 2.26. The van der Waals surface area contributed by atoms with Crippen LogP contribution in [-0.4, -0.2) is 24.7 Å². The Balaban J connectivity index is 2.74. The number of carbonyl (C=O) groups is 1. The number of thiazole rings is 1. The van der Waals surface area contributed by atoms with Gasteiger partial charge in [0.25, 0.3) is 0 Å². The van der Waals surface area contributed by atoms with Gasteiger partial charge in [0, 0.05) is 7.11 Å². The van der Waals surface area contributed by atoms with E-state index in [0.29, 0.717) is 23.8 Å². The monoisotopic (exact) mass is 201 g/mol. The van der Waals surface area contributed by atoms with Crippen LogP contribution in [-0.2, 0) is 16.1 Å². The van der Waals surface area contributed by atoms with Gasteiger partial charge in [0.1, 0.15) is 4.88 Å². The van der Waals surface area contributed by atoms with Gasteiger partial charge in [0.2, 0.25) is 0 Å². The van der Waals surface area contributed by atoms with Crippen molar-refractivity contribution in [1.82, 2.24) is 4.98 Å². The van der Waals surface area contributed by atoms with Crippen LogP contribution in [0.15, 0.2) is 5.51 Å². The van der Waals surface area contributed by atoms with E-state index in [9.17, 15) is 4.79 Å². The fourth-order valence-electron chi connectivity index (χ4n) is 0.871. The highest BCUT2D eigenvalue weighted by Crippen LogP contribution is 2.15. The maximum absolute atomic E-state index is 11.3. The van der Waals surface area contributed by atoms with E-state index in [-0.39, 0.29) is 5.97 Å². The van der Waals surface area contributed by atoms with E-state index < -0.39 is 0 Å². The zero-order chi connectivity index (χ0) is 9.68. The molecule has 1 aromatic heterocycles. The van der Waals surface area contributed by atoms with Crippen LogP contribution < -0.4 is 0 Å². The topological polar surface area (TPSA) is 48.4 Å². The van der Waals surface area contributed by atoms with Crippen molar-refractivity contribution in [3.8, 4) is 0 Å². The molecule has 0 N–H and O–H groups in total. The molecule has 1 rings (SSSR count). The highest BCUT2D eigenvalue weighted by Gasteiger charge is 2.14. The number of nitrogens with zero attached hydrogens (tertiary/aromatic N) is 1. The van der Waals surface area contributed by atoms with Gasteiger partial charge in [-0.15, -0.1) is 11.3 Å². The minimum atomic E-state index is -0.322. The molecule has 0 bridgehead atoms. The van der Waals surface area contributed by atoms with Crippen LogP contribution in [0, 0.1) is 0 Å². The lowest BCUT2D eigenvalue weighted by atomic mass is 10.4. The molecule has 0 aliphatic carbocycles. The standard InChI is InChI=1S/C8H11NO3S/c1-3-12-8(10)7-6(4-11-2)9-5-13-7/h5H,3-4H2,1-2H3. The van der Waals surface area contributed by atoms with Crippen molar-refractivity contribution in [2.75, 3.05) is 13.7 Å². The Hall–Kier alpha value is -0.940. The van der Waals surface area contributed by atoms with Crippen molar-refractivity contribution in [2.45, 2.75) is 13.5 Å². The Labute approximate surface area is 80.5 Å². The van der Waals surface area contributed by atoms with E-state index in [4.69, 9.17) is 9.47 Å². The number of hydrogen-bond acceptors (Lipinski definition) is 5. The van der Waals surface area contributed by atoms with Gasteiger partial charge in [0.05, 0.1) is 24.4 Å². The molecular formula is C8H11NO3S. The molecule has 0 saturated carbocycles. The number of methoxy groups -OCH3 is 1. The van der Waals surface area contributed by atoms with E-state index in [1.807, 2.05) is 0 Å². The van der Waals surface area contributed by atoms with E-state index in [0.717, 1.165) is 0 Å². The van der Waals surface area contributed by atoms with Gasteiger partial charge < -0.3 is 9.47 Å². The van der Waals surface area contributed by atoms with E-state index in [2.05, 4.69) is 4.98 Å². The molecule has 0 aliphatic rings. The van der Waals surface area contributed by atoms with Crippen LogP contribution in [0.5, 0.6) is 0 Å². The van der Waals surface area contributed by atoms with Gasteiger partial charge >= 0.3 is 5.97 Å². The fraction of sp³-hybridized carbons (Fsp3) is 0.500. The molecule has 0 amide bonds. The van der Waals surface area contributed by atoms with Gasteiger partial charge in [0.15, 0.2) is 0 Å². The van der Waals surface area contributed by atoms with Crippen LogP contribution in [0.4, 0.5) is 0 Å². The molecule has 5 heteroatoms. The van der Waals surface area contributed by atoms with E-state index >= 15 is 0 Å². The summed E-state index contributed by atoms with van der Waals surface area (Å²) in [6.45, 7) is 2.50. The fourth-order valence-corrected chi connectivity index (χ4v) is 1.56. The number of esters is 1. The number of rotatable bonds is 4. The largest absolute Gasteiger partial charge is 0.462 e. The van der Waals surface area contributed by atoms with Crippen LogP contribution in [0.3, 0.4) is 0 Å². The zero-order valence-electron chi connectivity index (χ0n) is 7.57. The Bertz CT molecular complexity index is 285. The molecule has 0 aromatic carbocycles. The third-order valence-electron chi connectivity index (χ3n) is 1.38. The molecule has 72 valence electrons. The SMILES string of the molecule is CCOC(=O)c1scnc1COC. The molecule has 0 aliphatic heterocycles. The molecule has 0 radical (unpaired) electrons. The number of aromatic nitrogens is 1. The normalized spacial score (nSPS) is 10.0. The zero-order valence-corrected chi connectivity index (χ0v) is 8.39. The summed E-state index contributed by atoms with van der Waals surface area (Å²) in [4.78, 5) is 15.8. The summed E-state index contributed by atoms with van der Waals surface area (Å²) < 4.78 is 9.74. The summed E-state index contributed by atoms with van der Waals surface area (Å²) in [7, 11) is 1.56. The molecule has 0 atom stereocenters. The predicted octanol–water partition coefficient (Wildman–Crippen LogP) is 1.47. The second kappa shape index (κ2) is 4.94. The van der Waals surface area contributed by atoms with E-state index in [1.165, 1.54) is 11.3 Å². The molecule has 0 fully saturated rings. The lowest BCUT2D eigenvalue weighted by molar-refractivity contribution is 0.0527. The molecule has 0 unspecified atom stereocenters. The van der Waals surface area contributed by atoms with Crippen LogP contribution in [0.2, 0.25) is 0 Å². The summed E-state index contributed by atoms with van der Waals surface area (Å²) in [6, 6.07) is 0. The van der Waals surface area contributed by atoms with Crippen molar-refractivity contribution in [3.63, 3.8) is 0 Å². The summed E-state index contributed by atoms with van der Waals surface area (Å²) in [6.07, 6.45) is 0. The number of carbonyl (C=O) groups excluding carboxylic acids is 1. The molecule has 0 spiro atoms. The van der Waals surface area contributed by atoms with Crippen molar-refractivity contribution < 1.29 is 14.3 Å². The molecular weight excluding hydrogens is 190 g/mol. The maximum atomic E-state index is 11.3. The van der Waals surface area contributed by atoms with Gasteiger partial charge in [-0.05, 0) is 6.92 Å². The second-order valence-corrected chi connectivity index (χ2v) is 3.14. The maximum Gasteiger partial charge on any atom is 0.350 e. The van der Waals surface area contributed by atoms with E-state index in [1.54, 1.807) is 19.5 Å². The van der Waals surface area contributed by atoms with Crippen molar-refractivity contribution >= 4 is 17.3 Å². The second-order valence-electron chi connectivity index (χ2n) is 2.28. The average molecular weight is 201 g/mol. The molecule has 4 nitrogen and oxygen atoms in total. The van der Waals surface area contributed by atoms with Gasteiger partial charge in [-0.3, -0.25) is 0 Å². The first kappa shape index (κ1) is 10.1. The minimum absolute atomic E-state index is 0.322. The predicted molar refractivity (Wildman–Crippen MR) is 48.8 cm³/mol. The van der Waals surface area contributed by atoms with Crippen LogP contribution >= 0.6 is 11.3 Å². The average Bonchev–Trinajstić information content (AvgIpc) is 2.54. The molecule has 0 saturated heterocycles. The Kier molecular flexibility index (Phi) is 3.85. The van der Waals surface area contributed by atoms with Crippen LogP contribution in [0.1, 0.15) is 22.3 Å². The minimum Gasteiger partial charge on any atom is -0.462 e. The van der Waals surface area contributed by atoms with Crippen molar-refractivity contribution in [3.05, 3.63) is 16.1 Å². The summed E-state index contributed by atoms with van der Waals surface area (Å²) >= 11 is 1.27. The Morgan fingerprint density at radius 2 is 2.46 bits per heavy atom. The lowest BCUT2D eigenvalue weighted by Crippen LogP contribution is -2.06. The first-order valence-electron chi connectivity index (χ1n) is 3.88. The molecule has 13 heavy (non-hydrogen) atoms. The van der Waals surface area contributed by atoms with Gasteiger partial charge in [-0.1, -0.05) is 0 Å². The first-order chi connectivity index (χ1) is 6.29. The third kappa shape index (κ3) is 2.50. The molecule has 1 heterocycles. The Morgan fingerprint density at radius 1 is 1.69 bits per heavy atom. The van der Waals surface area contributed by atoms with Gasteiger partial charge in [-0.25, -0.2) is 9.78 Å². The third-order valence-corrected chi connectivity index (χ3v) is 2.23. The molecule has 1 aromatic rings. The Morgan fingerprint density at radius 3 is 3.08 bits per heavy atom. The highest BCUT2D eigenvalue weighted by atomic mass is 32.1. The lowest BCUT2D eigenvalue weighted by Gasteiger charge is -2.00.